The summed E-state index contributed by atoms with van der Waals surface area (Å²) in [6, 6.07) is 7.98. The molecule has 104 valence electrons. The summed E-state index contributed by atoms with van der Waals surface area (Å²) < 4.78 is 7.23. The summed E-state index contributed by atoms with van der Waals surface area (Å²) in [7, 11) is 0. The van der Waals surface area contributed by atoms with Gasteiger partial charge in [0.15, 0.2) is 0 Å². The van der Waals surface area contributed by atoms with E-state index in [4.69, 9.17) is 4.74 Å². The Morgan fingerprint density at radius 2 is 2.16 bits per heavy atom. The van der Waals surface area contributed by atoms with Crippen LogP contribution in [0, 0.1) is 0 Å². The summed E-state index contributed by atoms with van der Waals surface area (Å²) >= 11 is 1.40. The molecule has 2 N–H and O–H groups in total. The van der Waals surface area contributed by atoms with Crippen molar-refractivity contribution in [1.29, 1.82) is 0 Å². The van der Waals surface area contributed by atoms with Gasteiger partial charge < -0.3 is 0 Å². The molecule has 0 aliphatic rings. The molecule has 0 saturated heterocycles. The molecular weight excluding hydrogens is 412 g/mol. The molecule has 0 unspecified atom stereocenters. The van der Waals surface area contributed by atoms with E-state index in [9.17, 15) is 4.79 Å². The first-order chi connectivity index (χ1) is 8.90. The molecule has 0 spiro atoms. The zero-order valence-electron chi connectivity index (χ0n) is 11.5. The summed E-state index contributed by atoms with van der Waals surface area (Å²) in [6.45, 7) is 6.56. The quantitative estimate of drug-likeness (QED) is 0.674. The summed E-state index contributed by atoms with van der Waals surface area (Å²) in [5.74, 6) is -0.249. The van der Waals surface area contributed by atoms with Gasteiger partial charge in [-0.3, -0.25) is 0 Å². The monoisotopic (exact) mass is 432 g/mol. The third-order valence-corrected chi connectivity index (χ3v) is 2.77. The molecular formula is C14H20N2O2W. The van der Waals surface area contributed by atoms with Crippen molar-refractivity contribution in [2.75, 3.05) is 11.9 Å². The molecule has 4 nitrogen and oxygen atoms in total. The van der Waals surface area contributed by atoms with E-state index in [2.05, 4.69) is 10.6 Å². The van der Waals surface area contributed by atoms with Gasteiger partial charge in [-0.1, -0.05) is 0 Å². The Balaban J connectivity index is 2.48. The minimum atomic E-state index is -0.441. The van der Waals surface area contributed by atoms with Crippen molar-refractivity contribution in [1.82, 2.24) is 5.32 Å². The van der Waals surface area contributed by atoms with Gasteiger partial charge in [0.2, 0.25) is 0 Å². The van der Waals surface area contributed by atoms with Gasteiger partial charge in [0, 0.05) is 0 Å². The molecule has 0 heterocycles. The van der Waals surface area contributed by atoms with E-state index in [0.29, 0.717) is 0 Å². The normalized spacial score (nSPS) is 10.9. The summed E-state index contributed by atoms with van der Waals surface area (Å²) in [6.07, 6.45) is 0. The molecule has 0 aliphatic carbocycles. The predicted octanol–water partition coefficient (Wildman–Crippen LogP) is 1.84. The van der Waals surface area contributed by atoms with Crippen molar-refractivity contribution >= 4 is 16.2 Å². The zero-order chi connectivity index (χ0) is 14.3. The van der Waals surface area contributed by atoms with Gasteiger partial charge in [-0.15, -0.1) is 0 Å². The van der Waals surface area contributed by atoms with Crippen LogP contribution in [0.1, 0.15) is 26.3 Å². The molecule has 0 amide bonds. The van der Waals surface area contributed by atoms with E-state index in [0.717, 1.165) is 12.2 Å². The second kappa shape index (κ2) is 7.56. The van der Waals surface area contributed by atoms with Crippen molar-refractivity contribution in [3.05, 3.63) is 29.8 Å². The summed E-state index contributed by atoms with van der Waals surface area (Å²) in [5.41, 5.74) is 1.66. The van der Waals surface area contributed by atoms with Gasteiger partial charge in [0.05, 0.1) is 0 Å². The predicted molar refractivity (Wildman–Crippen MR) is 73.7 cm³/mol. The molecule has 0 fully saturated rings. The van der Waals surface area contributed by atoms with Crippen LogP contribution >= 0.6 is 0 Å². The van der Waals surface area contributed by atoms with Crippen molar-refractivity contribution in [3.8, 4) is 0 Å². The van der Waals surface area contributed by atoms with Crippen LogP contribution in [-0.4, -0.2) is 22.6 Å². The molecule has 0 saturated carbocycles. The Hall–Kier alpha value is -0.992. The maximum absolute atomic E-state index is 11.6. The molecule has 0 radical (unpaired) electrons. The second-order valence-corrected chi connectivity index (χ2v) is 5.99. The molecule has 1 aromatic rings. The Morgan fingerprint density at radius 1 is 1.42 bits per heavy atom. The van der Waals surface area contributed by atoms with Gasteiger partial charge in [0.25, 0.3) is 0 Å². The molecule has 5 heteroatoms. The van der Waals surface area contributed by atoms with Crippen LogP contribution in [0.2, 0.25) is 0 Å². The first-order valence-corrected chi connectivity index (χ1v) is 7.82. The number of carbonyl (C=O) groups is 1. The molecule has 0 aliphatic heterocycles. The van der Waals surface area contributed by atoms with Crippen LogP contribution in [0.25, 0.3) is 0 Å². The van der Waals surface area contributed by atoms with Crippen LogP contribution in [0.3, 0.4) is 0 Å². The SMILES string of the molecule is CC(C)(C)OC(=O)CNc1cccc(CN[CH]=[W])c1. The fourth-order valence-corrected chi connectivity index (χ4v) is 1.80. The van der Waals surface area contributed by atoms with E-state index >= 15 is 0 Å². The van der Waals surface area contributed by atoms with Crippen LogP contribution in [0.4, 0.5) is 5.69 Å². The number of esters is 1. The van der Waals surface area contributed by atoms with Crippen LogP contribution in [-0.2, 0) is 35.4 Å². The van der Waals surface area contributed by atoms with E-state index < -0.39 is 5.60 Å². The molecule has 0 bridgehead atoms. The Bertz CT molecular complexity index is 441. The number of ether oxygens (including phenoxy) is 1. The molecule has 19 heavy (non-hydrogen) atoms. The van der Waals surface area contributed by atoms with Gasteiger partial charge in [0.1, 0.15) is 0 Å². The number of nitrogens with one attached hydrogen (secondary N) is 2. The fourth-order valence-electron chi connectivity index (χ4n) is 1.50. The Kier molecular flexibility index (Phi) is 6.39. The first-order valence-electron chi connectivity index (χ1n) is 6.12. The van der Waals surface area contributed by atoms with E-state index in [1.807, 2.05) is 49.6 Å². The number of hydrogen-bond acceptors (Lipinski definition) is 4. The average Bonchev–Trinajstić information content (AvgIpc) is 2.32. The average molecular weight is 432 g/mol. The van der Waals surface area contributed by atoms with Crippen molar-refractivity contribution in [2.45, 2.75) is 32.9 Å². The number of benzene rings is 1. The third kappa shape index (κ3) is 7.24. The fraction of sp³-hybridized carbons (Fsp3) is 0.429. The number of carbonyl (C=O) groups excluding carboxylic acids is 1. The van der Waals surface area contributed by atoms with Crippen molar-refractivity contribution < 1.29 is 28.9 Å². The summed E-state index contributed by atoms with van der Waals surface area (Å²) in [5, 5.41) is 6.26. The number of rotatable bonds is 6. The van der Waals surface area contributed by atoms with E-state index in [-0.39, 0.29) is 12.5 Å². The van der Waals surface area contributed by atoms with Crippen LogP contribution in [0.5, 0.6) is 0 Å². The van der Waals surface area contributed by atoms with Crippen molar-refractivity contribution in [2.24, 2.45) is 0 Å². The number of hydrogen-bond donors (Lipinski definition) is 2. The van der Waals surface area contributed by atoms with Gasteiger partial charge in [-0.05, 0) is 0 Å². The maximum atomic E-state index is 11.6. The Morgan fingerprint density at radius 3 is 2.79 bits per heavy atom. The standard InChI is InChI=1S/C14H20N2O2.W/c1-14(2,3)18-13(17)10-16-12-7-5-6-11(8-12)9-15-4;/h4-8,15-16H,9-10H2,1-3H3;. The summed E-state index contributed by atoms with van der Waals surface area (Å²) in [4.78, 5) is 11.6. The van der Waals surface area contributed by atoms with Crippen molar-refractivity contribution in [3.63, 3.8) is 0 Å². The molecule has 1 aromatic carbocycles. The minimum absolute atomic E-state index is 0.179. The Labute approximate surface area is 125 Å². The van der Waals surface area contributed by atoms with Gasteiger partial charge in [-0.25, -0.2) is 0 Å². The molecule has 1 rings (SSSR count). The number of anilines is 1. The van der Waals surface area contributed by atoms with Gasteiger partial charge >= 0.3 is 125 Å². The molecule has 0 aromatic heterocycles. The topological polar surface area (TPSA) is 50.4 Å². The second-order valence-electron chi connectivity index (χ2n) is 5.14. The third-order valence-electron chi connectivity index (χ3n) is 2.17. The van der Waals surface area contributed by atoms with Crippen LogP contribution < -0.4 is 10.6 Å². The van der Waals surface area contributed by atoms with E-state index in [1.165, 1.54) is 24.9 Å². The zero-order valence-corrected chi connectivity index (χ0v) is 14.5. The van der Waals surface area contributed by atoms with Crippen LogP contribution in [0.15, 0.2) is 24.3 Å². The first kappa shape index (κ1) is 16.1. The molecule has 0 atom stereocenters. The van der Waals surface area contributed by atoms with Gasteiger partial charge in [-0.2, -0.15) is 0 Å². The van der Waals surface area contributed by atoms with E-state index in [1.54, 1.807) is 0 Å².